The molecule has 0 atom stereocenters. The predicted molar refractivity (Wildman–Crippen MR) is 112 cm³/mol. The number of fused-ring (bicyclic) bond motifs is 1. The third-order valence-electron chi connectivity index (χ3n) is 4.80. The fourth-order valence-corrected chi connectivity index (χ4v) is 3.32. The fraction of sp³-hybridized carbons (Fsp3) is 0.217. The van der Waals surface area contributed by atoms with Crippen LogP contribution in [0.5, 0.6) is 11.5 Å². The minimum Gasteiger partial charge on any atom is -0.454 e. The summed E-state index contributed by atoms with van der Waals surface area (Å²) in [5, 5.41) is 2.96. The first-order valence-corrected chi connectivity index (χ1v) is 9.61. The molecular formula is C23H23N3O3. The zero-order valence-corrected chi connectivity index (χ0v) is 16.5. The minimum absolute atomic E-state index is 0.147. The lowest BCUT2D eigenvalue weighted by atomic mass is 10.1. The molecule has 0 saturated heterocycles. The van der Waals surface area contributed by atoms with Gasteiger partial charge in [-0.15, -0.1) is 0 Å². The second kappa shape index (κ2) is 8.22. The van der Waals surface area contributed by atoms with Crippen LogP contribution in [-0.4, -0.2) is 24.2 Å². The Morgan fingerprint density at radius 3 is 2.79 bits per heavy atom. The molecule has 0 bridgehead atoms. The van der Waals surface area contributed by atoms with Gasteiger partial charge in [-0.3, -0.25) is 4.79 Å². The van der Waals surface area contributed by atoms with E-state index in [1.165, 1.54) is 5.56 Å². The van der Waals surface area contributed by atoms with Gasteiger partial charge in [-0.05, 0) is 61.4 Å². The second-order valence-corrected chi connectivity index (χ2v) is 6.86. The van der Waals surface area contributed by atoms with Crippen molar-refractivity contribution in [3.8, 4) is 11.5 Å². The van der Waals surface area contributed by atoms with E-state index >= 15 is 0 Å². The van der Waals surface area contributed by atoms with Gasteiger partial charge in [-0.2, -0.15) is 0 Å². The molecule has 0 spiro atoms. The highest BCUT2D eigenvalue weighted by atomic mass is 16.7. The normalized spacial score (nSPS) is 11.9. The van der Waals surface area contributed by atoms with Gasteiger partial charge in [-0.1, -0.05) is 18.2 Å². The molecule has 0 fully saturated rings. The second-order valence-electron chi connectivity index (χ2n) is 6.86. The quantitative estimate of drug-likeness (QED) is 0.684. The first-order chi connectivity index (χ1) is 14.1. The topological polar surface area (TPSA) is 63.7 Å². The van der Waals surface area contributed by atoms with Crippen LogP contribution in [0, 0.1) is 6.92 Å². The molecule has 1 N–H and O–H groups in total. The molecule has 6 nitrogen and oxygen atoms in total. The lowest BCUT2D eigenvalue weighted by Crippen LogP contribution is -2.24. The standard InChI is InChI=1S/C23H23N3O3/c1-3-26(19-6-4-5-16(2)11-19)22-13-18(9-10-24-22)23(27)25-14-17-7-8-20-21(12-17)29-15-28-20/h4-13H,3,14-15H2,1-2H3,(H,25,27). The van der Waals surface area contributed by atoms with Crippen LogP contribution in [0.1, 0.15) is 28.4 Å². The SMILES string of the molecule is CCN(c1cccc(C)c1)c1cc(C(=O)NCc2ccc3c(c2)OCO3)ccn1. The first-order valence-electron chi connectivity index (χ1n) is 9.61. The number of benzene rings is 2. The van der Waals surface area contributed by atoms with Crippen molar-refractivity contribution in [3.05, 3.63) is 77.5 Å². The average Bonchev–Trinajstić information content (AvgIpc) is 3.21. The molecule has 4 rings (SSSR count). The van der Waals surface area contributed by atoms with Gasteiger partial charge in [-0.25, -0.2) is 4.98 Å². The van der Waals surface area contributed by atoms with Crippen LogP contribution in [0.15, 0.2) is 60.8 Å². The van der Waals surface area contributed by atoms with Crippen LogP contribution >= 0.6 is 0 Å². The van der Waals surface area contributed by atoms with Crippen molar-refractivity contribution in [2.45, 2.75) is 20.4 Å². The summed E-state index contributed by atoms with van der Waals surface area (Å²) in [5.41, 5.74) is 3.75. The van der Waals surface area contributed by atoms with Gasteiger partial charge < -0.3 is 19.7 Å². The highest BCUT2D eigenvalue weighted by Gasteiger charge is 2.15. The summed E-state index contributed by atoms with van der Waals surface area (Å²) in [4.78, 5) is 19.2. The Balaban J connectivity index is 1.48. The number of nitrogens with one attached hydrogen (secondary N) is 1. The Hall–Kier alpha value is -3.54. The first kappa shape index (κ1) is 18.8. The number of aromatic nitrogens is 1. The van der Waals surface area contributed by atoms with Crippen LogP contribution in [0.4, 0.5) is 11.5 Å². The third-order valence-corrected chi connectivity index (χ3v) is 4.80. The Morgan fingerprint density at radius 2 is 1.97 bits per heavy atom. The molecular weight excluding hydrogens is 366 g/mol. The Morgan fingerprint density at radius 1 is 1.10 bits per heavy atom. The molecule has 148 valence electrons. The van der Waals surface area contributed by atoms with Crippen molar-refractivity contribution >= 4 is 17.4 Å². The van der Waals surface area contributed by atoms with Crippen molar-refractivity contribution in [3.63, 3.8) is 0 Å². The number of ether oxygens (including phenoxy) is 2. The van der Waals surface area contributed by atoms with Crippen LogP contribution in [0.25, 0.3) is 0 Å². The van der Waals surface area contributed by atoms with Crippen molar-refractivity contribution in [2.75, 3.05) is 18.2 Å². The van der Waals surface area contributed by atoms with Gasteiger partial charge in [0, 0.05) is 30.5 Å². The van der Waals surface area contributed by atoms with E-state index in [1.807, 2.05) is 36.4 Å². The number of rotatable bonds is 6. The van der Waals surface area contributed by atoms with E-state index in [4.69, 9.17) is 9.47 Å². The molecule has 2 heterocycles. The van der Waals surface area contributed by atoms with E-state index in [0.717, 1.165) is 29.4 Å². The van der Waals surface area contributed by atoms with Crippen molar-refractivity contribution in [1.82, 2.24) is 10.3 Å². The number of nitrogens with zero attached hydrogens (tertiary/aromatic N) is 2. The summed E-state index contributed by atoms with van der Waals surface area (Å²) < 4.78 is 10.7. The molecule has 1 amide bonds. The van der Waals surface area contributed by atoms with Crippen molar-refractivity contribution in [1.29, 1.82) is 0 Å². The number of aryl methyl sites for hydroxylation is 1. The lowest BCUT2D eigenvalue weighted by molar-refractivity contribution is 0.0950. The molecule has 6 heteroatoms. The smallest absolute Gasteiger partial charge is 0.251 e. The minimum atomic E-state index is -0.147. The zero-order chi connectivity index (χ0) is 20.2. The number of anilines is 2. The summed E-state index contributed by atoms with van der Waals surface area (Å²) in [6, 6.07) is 17.4. The number of carbonyl (C=O) groups excluding carboxylic acids is 1. The fourth-order valence-electron chi connectivity index (χ4n) is 3.32. The summed E-state index contributed by atoms with van der Waals surface area (Å²) >= 11 is 0. The number of hydrogen-bond acceptors (Lipinski definition) is 5. The van der Waals surface area contributed by atoms with E-state index in [1.54, 1.807) is 12.3 Å². The molecule has 0 aliphatic carbocycles. The lowest BCUT2D eigenvalue weighted by Gasteiger charge is -2.23. The average molecular weight is 389 g/mol. The van der Waals surface area contributed by atoms with Crippen molar-refractivity contribution < 1.29 is 14.3 Å². The number of hydrogen-bond donors (Lipinski definition) is 1. The van der Waals surface area contributed by atoms with Crippen LogP contribution in [-0.2, 0) is 6.54 Å². The van der Waals surface area contributed by atoms with Gasteiger partial charge in [0.05, 0.1) is 0 Å². The number of pyridine rings is 1. The maximum absolute atomic E-state index is 12.7. The summed E-state index contributed by atoms with van der Waals surface area (Å²) in [7, 11) is 0. The van der Waals surface area contributed by atoms with Gasteiger partial charge in [0.15, 0.2) is 11.5 Å². The molecule has 1 aromatic heterocycles. The van der Waals surface area contributed by atoms with Gasteiger partial charge >= 0.3 is 0 Å². The van der Waals surface area contributed by atoms with Gasteiger partial charge in [0.25, 0.3) is 5.91 Å². The summed E-state index contributed by atoms with van der Waals surface area (Å²) in [6.45, 7) is 5.52. The summed E-state index contributed by atoms with van der Waals surface area (Å²) in [5.74, 6) is 2.04. The molecule has 2 aromatic carbocycles. The Labute approximate surface area is 170 Å². The highest BCUT2D eigenvalue weighted by molar-refractivity contribution is 5.95. The van der Waals surface area contributed by atoms with Crippen LogP contribution in [0.3, 0.4) is 0 Å². The molecule has 29 heavy (non-hydrogen) atoms. The summed E-state index contributed by atoms with van der Waals surface area (Å²) in [6.07, 6.45) is 1.67. The molecule has 0 unspecified atom stereocenters. The Kier molecular flexibility index (Phi) is 5.33. The molecule has 3 aromatic rings. The van der Waals surface area contributed by atoms with E-state index < -0.39 is 0 Å². The zero-order valence-electron chi connectivity index (χ0n) is 16.5. The van der Waals surface area contributed by atoms with E-state index in [0.29, 0.717) is 17.9 Å². The van der Waals surface area contributed by atoms with Crippen LogP contribution in [0.2, 0.25) is 0 Å². The maximum Gasteiger partial charge on any atom is 0.251 e. The molecule has 0 radical (unpaired) electrons. The van der Waals surface area contributed by atoms with Gasteiger partial charge in [0.1, 0.15) is 5.82 Å². The van der Waals surface area contributed by atoms with Crippen LogP contribution < -0.4 is 19.7 Å². The molecule has 1 aliphatic rings. The van der Waals surface area contributed by atoms with Gasteiger partial charge in [0.2, 0.25) is 6.79 Å². The molecule has 0 saturated carbocycles. The largest absolute Gasteiger partial charge is 0.454 e. The van der Waals surface area contributed by atoms with Crippen molar-refractivity contribution in [2.24, 2.45) is 0 Å². The Bertz CT molecular complexity index is 1040. The highest BCUT2D eigenvalue weighted by Crippen LogP contribution is 2.32. The monoisotopic (exact) mass is 389 g/mol. The molecule has 1 aliphatic heterocycles. The third kappa shape index (κ3) is 4.16. The predicted octanol–water partition coefficient (Wildman–Crippen LogP) is 4.21. The van der Waals surface area contributed by atoms with E-state index in [2.05, 4.69) is 41.2 Å². The van der Waals surface area contributed by atoms with E-state index in [9.17, 15) is 4.79 Å². The number of carbonyl (C=O) groups is 1. The maximum atomic E-state index is 12.7. The van der Waals surface area contributed by atoms with E-state index in [-0.39, 0.29) is 12.7 Å². The number of amides is 1.